The van der Waals surface area contributed by atoms with Crippen molar-refractivity contribution in [3.63, 3.8) is 0 Å². The molecule has 0 aromatic rings. The minimum atomic E-state index is 0.605. The molecule has 2 N–H and O–H groups in total. The molecule has 0 radical (unpaired) electrons. The van der Waals surface area contributed by atoms with Crippen molar-refractivity contribution in [3.05, 3.63) is 0 Å². The monoisotopic (exact) mass is 283 g/mol. The number of likely N-dealkylation sites (N-methyl/N-ethyl adjacent to an activating group) is 1. The Labute approximate surface area is 126 Å². The molecule has 0 spiro atoms. The van der Waals surface area contributed by atoms with Gasteiger partial charge in [0, 0.05) is 31.7 Å². The van der Waals surface area contributed by atoms with Crippen LogP contribution in [0.25, 0.3) is 0 Å². The van der Waals surface area contributed by atoms with Gasteiger partial charge in [-0.25, -0.2) is 0 Å². The third-order valence-electron chi connectivity index (χ3n) is 4.80. The first-order valence-corrected chi connectivity index (χ1v) is 8.87. The Bertz CT molecular complexity index is 232. The first-order valence-electron chi connectivity index (χ1n) is 8.87. The van der Waals surface area contributed by atoms with Crippen LogP contribution < -0.4 is 5.73 Å². The van der Waals surface area contributed by atoms with Crippen LogP contribution in [0.15, 0.2) is 0 Å². The summed E-state index contributed by atoms with van der Waals surface area (Å²) in [5.74, 6) is 0. The molecule has 0 bridgehead atoms. The Balaban J connectivity index is 2.43. The second kappa shape index (κ2) is 10.6. The molecule has 120 valence electrons. The highest BCUT2D eigenvalue weighted by Gasteiger charge is 2.27. The van der Waals surface area contributed by atoms with Crippen LogP contribution in [0.3, 0.4) is 0 Å². The van der Waals surface area contributed by atoms with Gasteiger partial charge in [0.05, 0.1) is 0 Å². The molecule has 3 heteroatoms. The van der Waals surface area contributed by atoms with Gasteiger partial charge in [-0.2, -0.15) is 0 Å². The Morgan fingerprint density at radius 1 is 1.10 bits per heavy atom. The molecule has 1 fully saturated rings. The molecule has 1 rings (SSSR count). The zero-order valence-corrected chi connectivity index (χ0v) is 14.1. The first kappa shape index (κ1) is 17.9. The average molecular weight is 284 g/mol. The molecular weight excluding hydrogens is 246 g/mol. The Hall–Kier alpha value is -0.120. The molecule has 0 saturated carbocycles. The number of hydrogen-bond donors (Lipinski definition) is 1. The second-order valence-corrected chi connectivity index (χ2v) is 6.51. The number of unbranched alkanes of at least 4 members (excludes halogenated alkanes) is 4. The van der Waals surface area contributed by atoms with Crippen molar-refractivity contribution in [1.82, 2.24) is 9.80 Å². The summed E-state index contributed by atoms with van der Waals surface area (Å²) >= 11 is 0. The van der Waals surface area contributed by atoms with Gasteiger partial charge >= 0.3 is 0 Å². The molecule has 2 atom stereocenters. The third kappa shape index (κ3) is 6.11. The van der Waals surface area contributed by atoms with E-state index in [0.717, 1.165) is 6.54 Å². The molecule has 20 heavy (non-hydrogen) atoms. The van der Waals surface area contributed by atoms with Gasteiger partial charge in [0.2, 0.25) is 0 Å². The van der Waals surface area contributed by atoms with Crippen molar-refractivity contribution in [2.75, 3.05) is 33.2 Å². The Kier molecular flexibility index (Phi) is 9.49. The maximum atomic E-state index is 6.09. The lowest BCUT2D eigenvalue weighted by atomic mass is 10.0. The number of hydrogen-bond acceptors (Lipinski definition) is 3. The summed E-state index contributed by atoms with van der Waals surface area (Å²) in [4.78, 5) is 5.21. The van der Waals surface area contributed by atoms with Crippen molar-refractivity contribution in [2.45, 2.75) is 77.3 Å². The van der Waals surface area contributed by atoms with Crippen molar-refractivity contribution in [1.29, 1.82) is 0 Å². The summed E-state index contributed by atoms with van der Waals surface area (Å²) in [5, 5.41) is 0. The Morgan fingerprint density at radius 3 is 2.50 bits per heavy atom. The summed E-state index contributed by atoms with van der Waals surface area (Å²) in [5.41, 5.74) is 6.09. The van der Waals surface area contributed by atoms with Crippen LogP contribution in [-0.2, 0) is 0 Å². The molecule has 1 heterocycles. The lowest BCUT2D eigenvalue weighted by Gasteiger charge is -2.36. The quantitative estimate of drug-likeness (QED) is 0.660. The summed E-state index contributed by atoms with van der Waals surface area (Å²) in [6.45, 7) is 9.12. The maximum absolute atomic E-state index is 6.09. The van der Waals surface area contributed by atoms with E-state index in [0.29, 0.717) is 12.1 Å². The van der Waals surface area contributed by atoms with Crippen LogP contribution in [0.1, 0.15) is 65.2 Å². The van der Waals surface area contributed by atoms with Gasteiger partial charge in [0.25, 0.3) is 0 Å². The number of nitrogens with zero attached hydrogens (tertiary/aromatic N) is 2. The van der Waals surface area contributed by atoms with Crippen LogP contribution in [0.5, 0.6) is 0 Å². The largest absolute Gasteiger partial charge is 0.329 e. The van der Waals surface area contributed by atoms with Gasteiger partial charge in [-0.15, -0.1) is 0 Å². The fourth-order valence-corrected chi connectivity index (χ4v) is 3.51. The van der Waals surface area contributed by atoms with Crippen LogP contribution in [0, 0.1) is 0 Å². The predicted molar refractivity (Wildman–Crippen MR) is 89.1 cm³/mol. The van der Waals surface area contributed by atoms with Gasteiger partial charge in [-0.1, -0.05) is 46.0 Å². The van der Waals surface area contributed by atoms with Gasteiger partial charge in [0.1, 0.15) is 0 Å². The highest BCUT2D eigenvalue weighted by atomic mass is 15.3. The van der Waals surface area contributed by atoms with Crippen molar-refractivity contribution >= 4 is 0 Å². The van der Waals surface area contributed by atoms with E-state index in [-0.39, 0.29) is 0 Å². The molecule has 0 aromatic heterocycles. The topological polar surface area (TPSA) is 32.5 Å². The molecule has 1 saturated heterocycles. The normalized spacial score (nSPS) is 23.7. The SMILES string of the molecule is CCCCCCCC(CN)N1CCCN(C)CC1CC. The summed E-state index contributed by atoms with van der Waals surface area (Å²) in [6.07, 6.45) is 10.7. The van der Waals surface area contributed by atoms with Gasteiger partial charge in [0.15, 0.2) is 0 Å². The van der Waals surface area contributed by atoms with E-state index in [1.165, 1.54) is 71.0 Å². The molecule has 1 aliphatic rings. The summed E-state index contributed by atoms with van der Waals surface area (Å²) in [7, 11) is 2.26. The van der Waals surface area contributed by atoms with Crippen molar-refractivity contribution < 1.29 is 0 Å². The summed E-state index contributed by atoms with van der Waals surface area (Å²) in [6, 6.07) is 1.31. The Morgan fingerprint density at radius 2 is 1.85 bits per heavy atom. The lowest BCUT2D eigenvalue weighted by Crippen LogP contribution is -2.48. The molecule has 0 amide bonds. The van der Waals surface area contributed by atoms with Gasteiger partial charge < -0.3 is 10.6 Å². The first-order chi connectivity index (χ1) is 9.72. The fourth-order valence-electron chi connectivity index (χ4n) is 3.51. The minimum Gasteiger partial charge on any atom is -0.329 e. The van der Waals surface area contributed by atoms with Crippen LogP contribution in [0.2, 0.25) is 0 Å². The highest BCUT2D eigenvalue weighted by Crippen LogP contribution is 2.19. The molecule has 0 aliphatic carbocycles. The lowest BCUT2D eigenvalue weighted by molar-refractivity contribution is 0.123. The smallest absolute Gasteiger partial charge is 0.0223 e. The molecule has 0 aromatic carbocycles. The van der Waals surface area contributed by atoms with Crippen LogP contribution >= 0.6 is 0 Å². The van der Waals surface area contributed by atoms with Crippen molar-refractivity contribution in [2.24, 2.45) is 5.73 Å². The minimum absolute atomic E-state index is 0.605. The van der Waals surface area contributed by atoms with E-state index in [1.807, 2.05) is 0 Å². The predicted octanol–water partition coefficient (Wildman–Crippen LogP) is 3.09. The van der Waals surface area contributed by atoms with Crippen LogP contribution in [0.4, 0.5) is 0 Å². The van der Waals surface area contributed by atoms with E-state index in [4.69, 9.17) is 5.73 Å². The molecule has 1 aliphatic heterocycles. The summed E-state index contributed by atoms with van der Waals surface area (Å²) < 4.78 is 0. The molecule has 2 unspecified atom stereocenters. The van der Waals surface area contributed by atoms with E-state index >= 15 is 0 Å². The third-order valence-corrected chi connectivity index (χ3v) is 4.80. The van der Waals surface area contributed by atoms with Crippen molar-refractivity contribution in [3.8, 4) is 0 Å². The van der Waals surface area contributed by atoms with Gasteiger partial charge in [-0.3, -0.25) is 4.90 Å². The molecular formula is C17H37N3. The van der Waals surface area contributed by atoms with E-state index in [9.17, 15) is 0 Å². The fraction of sp³-hybridized carbons (Fsp3) is 1.00. The average Bonchev–Trinajstić information content (AvgIpc) is 2.64. The highest BCUT2D eigenvalue weighted by molar-refractivity contribution is 4.84. The van der Waals surface area contributed by atoms with E-state index in [1.54, 1.807) is 0 Å². The standard InChI is InChI=1S/C17H37N3/c1-4-6-7-8-9-11-17(14-18)20-13-10-12-19(3)15-16(20)5-2/h16-17H,4-15,18H2,1-3H3. The number of rotatable bonds is 9. The maximum Gasteiger partial charge on any atom is 0.0223 e. The van der Waals surface area contributed by atoms with Gasteiger partial charge in [-0.05, 0) is 32.9 Å². The van der Waals surface area contributed by atoms with E-state index in [2.05, 4.69) is 30.7 Å². The van der Waals surface area contributed by atoms with E-state index < -0.39 is 0 Å². The second-order valence-electron chi connectivity index (χ2n) is 6.51. The zero-order chi connectivity index (χ0) is 14.8. The zero-order valence-electron chi connectivity index (χ0n) is 14.1. The van der Waals surface area contributed by atoms with Crippen LogP contribution in [-0.4, -0.2) is 55.1 Å². The molecule has 3 nitrogen and oxygen atoms in total. The number of nitrogens with two attached hydrogens (primary N) is 1.